The zero-order chi connectivity index (χ0) is 13.3. The number of benzene rings is 1. The average molecular weight is 268 g/mol. The zero-order valence-corrected chi connectivity index (χ0v) is 12.2. The van der Waals surface area contributed by atoms with Crippen LogP contribution in [0, 0.1) is 0 Å². The van der Waals surface area contributed by atoms with Crippen molar-refractivity contribution in [3.05, 3.63) is 28.3 Å². The van der Waals surface area contributed by atoms with E-state index in [-0.39, 0.29) is 5.41 Å². The van der Waals surface area contributed by atoms with E-state index in [1.165, 1.54) is 17.5 Å². The van der Waals surface area contributed by atoms with Gasteiger partial charge in [-0.2, -0.15) is 0 Å². The largest absolute Gasteiger partial charge is 0.495 e. The Hall–Kier alpha value is -0.730. The number of methoxy groups -OCH3 is 1. The highest BCUT2D eigenvalue weighted by Gasteiger charge is 2.40. The first-order valence-corrected chi connectivity index (χ1v) is 7.00. The molecule has 0 atom stereocenters. The number of hydrogen-bond donors (Lipinski definition) is 1. The van der Waals surface area contributed by atoms with E-state index in [0.717, 1.165) is 18.6 Å². The quantitative estimate of drug-likeness (QED) is 0.899. The Bertz CT molecular complexity index is 433. The Morgan fingerprint density at radius 2 is 2.06 bits per heavy atom. The first-order valence-electron chi connectivity index (χ1n) is 6.62. The molecule has 100 valence electrons. The molecule has 0 amide bonds. The second-order valence-corrected chi connectivity index (χ2v) is 5.98. The molecule has 0 saturated heterocycles. The molecule has 0 bridgehead atoms. The zero-order valence-electron chi connectivity index (χ0n) is 11.4. The van der Waals surface area contributed by atoms with E-state index in [0.29, 0.717) is 17.5 Å². The molecule has 1 saturated carbocycles. The highest BCUT2D eigenvalue weighted by Crippen LogP contribution is 2.49. The van der Waals surface area contributed by atoms with Gasteiger partial charge in [0.25, 0.3) is 0 Å². The molecule has 18 heavy (non-hydrogen) atoms. The van der Waals surface area contributed by atoms with Crippen molar-refractivity contribution in [1.29, 1.82) is 0 Å². The molecule has 2 nitrogen and oxygen atoms in total. The molecule has 1 fully saturated rings. The summed E-state index contributed by atoms with van der Waals surface area (Å²) in [7, 11) is 1.68. The summed E-state index contributed by atoms with van der Waals surface area (Å²) in [5.74, 6) is 1.27. The van der Waals surface area contributed by atoms with Crippen LogP contribution in [-0.2, 0) is 5.41 Å². The minimum Gasteiger partial charge on any atom is -0.495 e. The Balaban J connectivity index is 2.55. The maximum absolute atomic E-state index is 6.36. The molecule has 0 spiro atoms. The molecule has 3 heteroatoms. The topological polar surface area (TPSA) is 35.2 Å². The summed E-state index contributed by atoms with van der Waals surface area (Å²) >= 11 is 6.36. The van der Waals surface area contributed by atoms with Crippen LogP contribution in [0.2, 0.25) is 5.02 Å². The van der Waals surface area contributed by atoms with Crippen molar-refractivity contribution in [3.63, 3.8) is 0 Å². The van der Waals surface area contributed by atoms with Crippen LogP contribution in [0.25, 0.3) is 0 Å². The van der Waals surface area contributed by atoms with Crippen LogP contribution in [-0.4, -0.2) is 13.7 Å². The molecule has 1 aromatic carbocycles. The highest BCUT2D eigenvalue weighted by atomic mass is 35.5. The van der Waals surface area contributed by atoms with Gasteiger partial charge in [0.05, 0.1) is 12.1 Å². The molecule has 2 N–H and O–H groups in total. The number of rotatable bonds is 4. The lowest BCUT2D eigenvalue weighted by Gasteiger charge is -2.42. The van der Waals surface area contributed by atoms with Crippen LogP contribution < -0.4 is 10.5 Å². The maximum atomic E-state index is 6.36. The van der Waals surface area contributed by atoms with E-state index < -0.39 is 0 Å². The monoisotopic (exact) mass is 267 g/mol. The van der Waals surface area contributed by atoms with Crippen molar-refractivity contribution < 1.29 is 4.74 Å². The predicted molar refractivity (Wildman–Crippen MR) is 76.7 cm³/mol. The van der Waals surface area contributed by atoms with Crippen LogP contribution in [0.3, 0.4) is 0 Å². The minimum atomic E-state index is 0.0832. The van der Waals surface area contributed by atoms with Crippen molar-refractivity contribution in [1.82, 2.24) is 0 Å². The van der Waals surface area contributed by atoms with Crippen LogP contribution in [0.5, 0.6) is 5.75 Å². The predicted octanol–water partition coefficient (Wildman–Crippen LogP) is 3.85. The van der Waals surface area contributed by atoms with Gasteiger partial charge in [0.1, 0.15) is 5.75 Å². The van der Waals surface area contributed by atoms with Gasteiger partial charge in [-0.25, -0.2) is 0 Å². The summed E-state index contributed by atoms with van der Waals surface area (Å²) in [5.41, 5.74) is 8.55. The summed E-state index contributed by atoms with van der Waals surface area (Å²) in [6.45, 7) is 5.02. The van der Waals surface area contributed by atoms with Gasteiger partial charge in [-0.1, -0.05) is 37.9 Å². The van der Waals surface area contributed by atoms with Gasteiger partial charge >= 0.3 is 0 Å². The molecule has 0 aromatic heterocycles. The van der Waals surface area contributed by atoms with Crippen molar-refractivity contribution in [2.24, 2.45) is 5.73 Å². The molecule has 1 aliphatic carbocycles. The summed E-state index contributed by atoms with van der Waals surface area (Å²) in [5, 5.41) is 0.707. The lowest BCUT2D eigenvalue weighted by molar-refractivity contribution is 0.243. The van der Waals surface area contributed by atoms with Crippen LogP contribution in [0.4, 0.5) is 0 Å². The van der Waals surface area contributed by atoms with Crippen LogP contribution >= 0.6 is 11.6 Å². The highest BCUT2D eigenvalue weighted by molar-refractivity contribution is 6.32. The minimum absolute atomic E-state index is 0.0832. The Morgan fingerprint density at radius 1 is 1.39 bits per heavy atom. The van der Waals surface area contributed by atoms with E-state index in [1.54, 1.807) is 7.11 Å². The first kappa shape index (κ1) is 13.7. The molecular formula is C15H22ClNO. The molecule has 0 radical (unpaired) electrons. The number of hydrogen-bond acceptors (Lipinski definition) is 2. The molecule has 0 unspecified atom stereocenters. The standard InChI is InChI=1S/C15H22ClNO/c1-10(2)11-7-12(14(18-3)13(16)8-11)15(9-17)5-4-6-15/h7-8,10H,4-6,9,17H2,1-3H3. The van der Waals surface area contributed by atoms with Gasteiger partial charge in [0.15, 0.2) is 0 Å². The molecule has 1 aliphatic rings. The van der Waals surface area contributed by atoms with Gasteiger partial charge in [-0.3, -0.25) is 0 Å². The molecule has 0 aliphatic heterocycles. The Morgan fingerprint density at radius 3 is 2.44 bits per heavy atom. The lowest BCUT2D eigenvalue weighted by atomic mass is 9.64. The molecule has 2 rings (SSSR count). The van der Waals surface area contributed by atoms with Crippen LogP contribution in [0.1, 0.15) is 50.2 Å². The smallest absolute Gasteiger partial charge is 0.141 e. The third-order valence-corrected chi connectivity index (χ3v) is 4.49. The van der Waals surface area contributed by atoms with Gasteiger partial charge in [-0.15, -0.1) is 0 Å². The van der Waals surface area contributed by atoms with E-state index >= 15 is 0 Å². The SMILES string of the molecule is COc1c(Cl)cc(C(C)C)cc1C1(CN)CCC1. The second kappa shape index (κ2) is 5.10. The molecule has 0 heterocycles. The van der Waals surface area contributed by atoms with Gasteiger partial charge in [-0.05, 0) is 30.4 Å². The van der Waals surface area contributed by atoms with Gasteiger partial charge in [0.2, 0.25) is 0 Å². The number of halogens is 1. The van der Waals surface area contributed by atoms with Crippen molar-refractivity contribution in [2.75, 3.05) is 13.7 Å². The summed E-state index contributed by atoms with van der Waals surface area (Å²) in [6.07, 6.45) is 3.51. The number of ether oxygens (including phenoxy) is 1. The van der Waals surface area contributed by atoms with E-state index in [4.69, 9.17) is 22.1 Å². The summed E-state index contributed by atoms with van der Waals surface area (Å²) in [6, 6.07) is 4.25. The number of nitrogens with two attached hydrogens (primary N) is 1. The third-order valence-electron chi connectivity index (χ3n) is 4.21. The lowest BCUT2D eigenvalue weighted by Crippen LogP contribution is -2.41. The van der Waals surface area contributed by atoms with Crippen molar-refractivity contribution >= 4 is 11.6 Å². The fraction of sp³-hybridized carbons (Fsp3) is 0.600. The third kappa shape index (κ3) is 2.12. The normalized spacial score (nSPS) is 17.7. The molecule has 1 aromatic rings. The summed E-state index contributed by atoms with van der Waals surface area (Å²) in [4.78, 5) is 0. The van der Waals surface area contributed by atoms with Gasteiger partial charge in [0, 0.05) is 17.5 Å². The fourth-order valence-electron chi connectivity index (χ4n) is 2.74. The summed E-state index contributed by atoms with van der Waals surface area (Å²) < 4.78 is 5.51. The van der Waals surface area contributed by atoms with E-state index in [9.17, 15) is 0 Å². The van der Waals surface area contributed by atoms with E-state index in [2.05, 4.69) is 19.9 Å². The van der Waals surface area contributed by atoms with Crippen molar-refractivity contribution in [2.45, 2.75) is 44.4 Å². The van der Waals surface area contributed by atoms with Crippen LogP contribution in [0.15, 0.2) is 12.1 Å². The first-order chi connectivity index (χ1) is 8.54. The molecular weight excluding hydrogens is 246 g/mol. The van der Waals surface area contributed by atoms with Gasteiger partial charge < -0.3 is 10.5 Å². The van der Waals surface area contributed by atoms with Crippen molar-refractivity contribution in [3.8, 4) is 5.75 Å². The Labute approximate surface area is 114 Å². The average Bonchev–Trinajstić information content (AvgIpc) is 2.27. The Kier molecular flexibility index (Phi) is 3.88. The van der Waals surface area contributed by atoms with E-state index in [1.807, 2.05) is 6.07 Å². The maximum Gasteiger partial charge on any atom is 0.141 e. The second-order valence-electron chi connectivity index (χ2n) is 5.58. The fourth-order valence-corrected chi connectivity index (χ4v) is 3.04.